The van der Waals surface area contributed by atoms with E-state index in [2.05, 4.69) is 0 Å². The van der Waals surface area contributed by atoms with Crippen LogP contribution in [0.25, 0.3) is 0 Å². The number of nitrogens with two attached hydrogens (primary N) is 1. The number of rotatable bonds is 5. The number of hydrogen-bond donors (Lipinski definition) is 2. The van der Waals surface area contributed by atoms with Gasteiger partial charge in [0.25, 0.3) is 0 Å². The van der Waals surface area contributed by atoms with Crippen molar-refractivity contribution in [2.45, 2.75) is 56.9 Å². The fourth-order valence-corrected chi connectivity index (χ4v) is 2.90. The molecular formula is C16H21NO6. The van der Waals surface area contributed by atoms with E-state index >= 15 is 0 Å². The maximum atomic E-state index is 11.6. The van der Waals surface area contributed by atoms with E-state index in [4.69, 9.17) is 24.7 Å². The molecule has 23 heavy (non-hydrogen) atoms. The predicted octanol–water partition coefficient (Wildman–Crippen LogP) is 0.860. The fourth-order valence-electron chi connectivity index (χ4n) is 2.90. The minimum atomic E-state index is -1.19. The van der Waals surface area contributed by atoms with Gasteiger partial charge in [-0.05, 0) is 19.4 Å². The smallest absolute Gasteiger partial charge is 0.335 e. The monoisotopic (exact) mass is 323 g/mol. The van der Waals surface area contributed by atoms with Crippen molar-refractivity contribution in [1.82, 2.24) is 0 Å². The average Bonchev–Trinajstić information content (AvgIpc) is 2.94. The molecule has 0 aliphatic carbocycles. The zero-order valence-electron chi connectivity index (χ0n) is 13.0. The third kappa shape index (κ3) is 3.39. The lowest BCUT2D eigenvalue weighted by Gasteiger charge is -2.27. The first-order valence-corrected chi connectivity index (χ1v) is 7.52. The van der Waals surface area contributed by atoms with Gasteiger partial charge < -0.3 is 29.8 Å². The molecule has 0 spiro atoms. The molecule has 7 nitrogen and oxygen atoms in total. The predicted molar refractivity (Wildman–Crippen MR) is 79.3 cm³/mol. The Labute approximate surface area is 134 Å². The van der Waals surface area contributed by atoms with Crippen molar-refractivity contribution >= 4 is 5.97 Å². The Bertz CT molecular complexity index is 563. The summed E-state index contributed by atoms with van der Waals surface area (Å²) in [5.74, 6) is -1.91. The summed E-state index contributed by atoms with van der Waals surface area (Å²) in [7, 11) is 0. The molecule has 2 fully saturated rings. The zero-order valence-corrected chi connectivity index (χ0v) is 13.0. The van der Waals surface area contributed by atoms with Gasteiger partial charge in [-0.15, -0.1) is 0 Å². The Morgan fingerprint density at radius 3 is 2.65 bits per heavy atom. The molecule has 7 heteroatoms. The summed E-state index contributed by atoms with van der Waals surface area (Å²) < 4.78 is 22.5. The first-order chi connectivity index (χ1) is 10.9. The van der Waals surface area contributed by atoms with Crippen LogP contribution < -0.4 is 5.73 Å². The third-order valence-corrected chi connectivity index (χ3v) is 3.95. The summed E-state index contributed by atoms with van der Waals surface area (Å²) in [6, 6.07) is 8.68. The molecule has 0 radical (unpaired) electrons. The van der Waals surface area contributed by atoms with Gasteiger partial charge in [0.05, 0.1) is 12.6 Å². The average molecular weight is 323 g/mol. The van der Waals surface area contributed by atoms with E-state index < -0.39 is 42.4 Å². The summed E-state index contributed by atoms with van der Waals surface area (Å²) in [6.45, 7) is 3.68. The van der Waals surface area contributed by atoms with E-state index in [0.29, 0.717) is 0 Å². The summed E-state index contributed by atoms with van der Waals surface area (Å²) in [4.78, 5) is 11.6. The topological polar surface area (TPSA) is 100 Å². The standard InChI is InChI=1S/C16H21NO6/c1-16(2)22-12-10(17)11(21-15(12)23-16)13(14(18)19)20-8-9-6-4-3-5-7-9/h3-7,10-13,15H,8,17H2,1-2H3,(H,18,19)/t10-,11+,12-,13?,15-/m0/s1. The van der Waals surface area contributed by atoms with E-state index in [1.165, 1.54) is 0 Å². The second kappa shape index (κ2) is 6.18. The molecule has 5 atom stereocenters. The van der Waals surface area contributed by atoms with Crippen LogP contribution in [0.3, 0.4) is 0 Å². The number of fused-ring (bicyclic) bond motifs is 1. The molecule has 0 amide bonds. The first kappa shape index (κ1) is 16.4. The molecule has 1 aromatic carbocycles. The van der Waals surface area contributed by atoms with E-state index in [0.717, 1.165) is 5.56 Å². The molecule has 2 aliphatic heterocycles. The molecule has 3 rings (SSSR count). The number of benzene rings is 1. The Kier molecular flexibility index (Phi) is 4.39. The van der Waals surface area contributed by atoms with Gasteiger partial charge in [-0.25, -0.2) is 4.79 Å². The Morgan fingerprint density at radius 2 is 2.04 bits per heavy atom. The van der Waals surface area contributed by atoms with Gasteiger partial charge in [0, 0.05) is 0 Å². The molecule has 1 unspecified atom stereocenters. The first-order valence-electron chi connectivity index (χ1n) is 7.52. The summed E-state index contributed by atoms with van der Waals surface area (Å²) in [6.07, 6.45) is -3.20. The second-order valence-corrected chi connectivity index (χ2v) is 6.20. The van der Waals surface area contributed by atoms with Gasteiger partial charge in [0.15, 0.2) is 18.2 Å². The summed E-state index contributed by atoms with van der Waals surface area (Å²) in [5.41, 5.74) is 6.99. The van der Waals surface area contributed by atoms with Crippen molar-refractivity contribution in [3.05, 3.63) is 35.9 Å². The Morgan fingerprint density at radius 1 is 1.35 bits per heavy atom. The minimum Gasteiger partial charge on any atom is -0.479 e. The van der Waals surface area contributed by atoms with Crippen molar-refractivity contribution in [1.29, 1.82) is 0 Å². The highest BCUT2D eigenvalue weighted by Gasteiger charge is 2.56. The maximum Gasteiger partial charge on any atom is 0.335 e. The molecule has 0 bridgehead atoms. The van der Waals surface area contributed by atoms with E-state index in [1.807, 2.05) is 30.3 Å². The lowest BCUT2D eigenvalue weighted by molar-refractivity contribution is -0.221. The molecule has 0 aromatic heterocycles. The normalized spacial score (nSPS) is 33.3. The van der Waals surface area contributed by atoms with Crippen molar-refractivity contribution in [3.8, 4) is 0 Å². The highest BCUT2D eigenvalue weighted by atomic mass is 16.8. The van der Waals surface area contributed by atoms with E-state index in [1.54, 1.807) is 13.8 Å². The van der Waals surface area contributed by atoms with Crippen LogP contribution in [-0.2, 0) is 30.3 Å². The zero-order chi connectivity index (χ0) is 16.6. The molecule has 1 aromatic rings. The van der Waals surface area contributed by atoms with Crippen LogP contribution in [0.1, 0.15) is 19.4 Å². The number of carbonyl (C=O) groups is 1. The van der Waals surface area contributed by atoms with E-state index in [9.17, 15) is 9.90 Å². The van der Waals surface area contributed by atoms with Crippen LogP contribution in [0.5, 0.6) is 0 Å². The van der Waals surface area contributed by atoms with Crippen LogP contribution in [0.2, 0.25) is 0 Å². The summed E-state index contributed by atoms with van der Waals surface area (Å²) >= 11 is 0. The highest BCUT2D eigenvalue weighted by molar-refractivity contribution is 5.73. The van der Waals surface area contributed by atoms with Crippen molar-refractivity contribution in [3.63, 3.8) is 0 Å². The van der Waals surface area contributed by atoms with Crippen LogP contribution in [0.4, 0.5) is 0 Å². The largest absolute Gasteiger partial charge is 0.479 e. The highest BCUT2D eigenvalue weighted by Crippen LogP contribution is 2.38. The Hall–Kier alpha value is -1.51. The molecule has 2 aliphatic rings. The van der Waals surface area contributed by atoms with Gasteiger partial charge in [0.1, 0.15) is 12.2 Å². The second-order valence-electron chi connectivity index (χ2n) is 6.20. The van der Waals surface area contributed by atoms with Gasteiger partial charge in [-0.2, -0.15) is 0 Å². The molecule has 126 valence electrons. The number of aliphatic carboxylic acids is 1. The number of ether oxygens (including phenoxy) is 4. The van der Waals surface area contributed by atoms with Crippen molar-refractivity contribution in [2.24, 2.45) is 5.73 Å². The third-order valence-electron chi connectivity index (χ3n) is 3.95. The number of hydrogen-bond acceptors (Lipinski definition) is 6. The minimum absolute atomic E-state index is 0.160. The fraction of sp³-hybridized carbons (Fsp3) is 0.562. The number of carboxylic acid groups (broad SMARTS) is 1. The van der Waals surface area contributed by atoms with Crippen LogP contribution >= 0.6 is 0 Å². The molecule has 2 heterocycles. The molecule has 0 saturated carbocycles. The van der Waals surface area contributed by atoms with Gasteiger partial charge in [-0.1, -0.05) is 30.3 Å². The molecule has 2 saturated heterocycles. The molecular weight excluding hydrogens is 302 g/mol. The maximum absolute atomic E-state index is 11.6. The SMILES string of the molecule is CC1(C)O[C@@H]2O[C@@H](C(OCc3ccccc3)C(=O)O)[C@H](N)[C@@H]2O1. The summed E-state index contributed by atoms with van der Waals surface area (Å²) in [5, 5.41) is 9.45. The Balaban J connectivity index is 1.67. The van der Waals surface area contributed by atoms with E-state index in [-0.39, 0.29) is 6.61 Å². The van der Waals surface area contributed by atoms with Crippen LogP contribution in [0, 0.1) is 0 Å². The van der Waals surface area contributed by atoms with Gasteiger partial charge in [0.2, 0.25) is 0 Å². The lowest BCUT2D eigenvalue weighted by Crippen LogP contribution is -2.50. The number of carboxylic acids is 1. The van der Waals surface area contributed by atoms with Gasteiger partial charge in [-0.3, -0.25) is 0 Å². The van der Waals surface area contributed by atoms with Crippen LogP contribution in [0.15, 0.2) is 30.3 Å². The quantitative estimate of drug-likeness (QED) is 0.829. The van der Waals surface area contributed by atoms with Crippen molar-refractivity contribution in [2.75, 3.05) is 0 Å². The molecule has 3 N–H and O–H groups in total. The van der Waals surface area contributed by atoms with Crippen molar-refractivity contribution < 1.29 is 28.8 Å². The van der Waals surface area contributed by atoms with Gasteiger partial charge >= 0.3 is 5.97 Å². The lowest BCUT2D eigenvalue weighted by atomic mass is 10.0. The van der Waals surface area contributed by atoms with Crippen LogP contribution in [-0.4, -0.2) is 47.5 Å².